The highest BCUT2D eigenvalue weighted by Gasteiger charge is 2.39. The van der Waals surface area contributed by atoms with Gasteiger partial charge in [-0.15, -0.1) is 11.8 Å². The summed E-state index contributed by atoms with van der Waals surface area (Å²) in [5.74, 6) is 0.891. The molecule has 1 unspecified atom stereocenters. The van der Waals surface area contributed by atoms with Gasteiger partial charge >= 0.3 is 0 Å². The van der Waals surface area contributed by atoms with Crippen molar-refractivity contribution >= 4 is 40.6 Å². The normalized spacial score (nSPS) is 18.7. The quantitative estimate of drug-likeness (QED) is 0.597. The summed E-state index contributed by atoms with van der Waals surface area (Å²) in [5, 5.41) is 11.6. The summed E-state index contributed by atoms with van der Waals surface area (Å²) in [5.41, 5.74) is 0.937. The third-order valence-corrected chi connectivity index (χ3v) is 5.40. The lowest BCUT2D eigenvalue weighted by molar-refractivity contribution is -0.385. The van der Waals surface area contributed by atoms with Crippen molar-refractivity contribution in [3.8, 4) is 11.5 Å². The standard InChI is InChI=1S/C16H11ClN2O5S/c17-9-1-3-10(4-2-9)18-15(20)7-25-16(18)11-5-13-14(24-8-23-13)6-12(11)19(21)22/h1-6,16H,7-8H2. The fourth-order valence-electron chi connectivity index (χ4n) is 2.84. The molecule has 2 aromatic rings. The SMILES string of the molecule is O=C1CSC(c2cc3c(cc2[N+](=O)[O-])OCO3)N1c1ccc(Cl)cc1. The van der Waals surface area contributed by atoms with Gasteiger partial charge in [0, 0.05) is 10.7 Å². The van der Waals surface area contributed by atoms with E-state index in [4.69, 9.17) is 21.1 Å². The molecule has 2 aliphatic heterocycles. The van der Waals surface area contributed by atoms with Gasteiger partial charge in [-0.1, -0.05) is 11.6 Å². The van der Waals surface area contributed by atoms with E-state index >= 15 is 0 Å². The number of hydrogen-bond acceptors (Lipinski definition) is 6. The second-order valence-electron chi connectivity index (χ2n) is 5.42. The number of carbonyl (C=O) groups excluding carboxylic acids is 1. The largest absolute Gasteiger partial charge is 0.454 e. The molecule has 0 radical (unpaired) electrons. The van der Waals surface area contributed by atoms with Crippen LogP contribution < -0.4 is 14.4 Å². The molecule has 0 spiro atoms. The van der Waals surface area contributed by atoms with Gasteiger partial charge in [0.25, 0.3) is 5.69 Å². The summed E-state index contributed by atoms with van der Waals surface area (Å²) in [6.45, 7) is 0.0214. The third-order valence-electron chi connectivity index (χ3n) is 3.96. The van der Waals surface area contributed by atoms with Crippen LogP contribution in [-0.2, 0) is 4.79 Å². The van der Waals surface area contributed by atoms with Crippen molar-refractivity contribution in [3.63, 3.8) is 0 Å². The van der Waals surface area contributed by atoms with Crippen molar-refractivity contribution in [2.24, 2.45) is 0 Å². The monoisotopic (exact) mass is 378 g/mol. The zero-order valence-corrected chi connectivity index (χ0v) is 14.2. The van der Waals surface area contributed by atoms with E-state index in [9.17, 15) is 14.9 Å². The number of nitro benzene ring substituents is 1. The first-order chi connectivity index (χ1) is 12.0. The van der Waals surface area contributed by atoms with E-state index in [-0.39, 0.29) is 24.1 Å². The molecule has 7 nitrogen and oxygen atoms in total. The summed E-state index contributed by atoms with van der Waals surface area (Å²) in [4.78, 5) is 25.0. The minimum Gasteiger partial charge on any atom is -0.454 e. The Hall–Kier alpha value is -2.45. The zero-order chi connectivity index (χ0) is 17.6. The third kappa shape index (κ3) is 2.77. The average molecular weight is 379 g/mol. The van der Waals surface area contributed by atoms with Crippen LogP contribution >= 0.6 is 23.4 Å². The highest BCUT2D eigenvalue weighted by atomic mass is 35.5. The minimum absolute atomic E-state index is 0.0214. The summed E-state index contributed by atoms with van der Waals surface area (Å²) in [6.07, 6.45) is 0. The first-order valence-corrected chi connectivity index (χ1v) is 8.74. The molecule has 25 heavy (non-hydrogen) atoms. The molecule has 1 amide bonds. The van der Waals surface area contributed by atoms with E-state index < -0.39 is 10.3 Å². The van der Waals surface area contributed by atoms with Gasteiger partial charge in [-0.25, -0.2) is 0 Å². The average Bonchev–Trinajstić information content (AvgIpc) is 3.20. The van der Waals surface area contributed by atoms with Crippen LogP contribution in [0.3, 0.4) is 0 Å². The Morgan fingerprint density at radius 1 is 1.20 bits per heavy atom. The van der Waals surface area contributed by atoms with Gasteiger partial charge in [-0.2, -0.15) is 0 Å². The van der Waals surface area contributed by atoms with E-state index in [1.54, 1.807) is 35.2 Å². The van der Waals surface area contributed by atoms with Gasteiger partial charge in [0.15, 0.2) is 11.5 Å². The summed E-state index contributed by atoms with van der Waals surface area (Å²) >= 11 is 7.24. The van der Waals surface area contributed by atoms with Crippen molar-refractivity contribution in [3.05, 3.63) is 57.1 Å². The predicted octanol–water partition coefficient (Wildman–Crippen LogP) is 3.76. The maximum Gasteiger partial charge on any atom is 0.279 e. The van der Waals surface area contributed by atoms with Crippen LogP contribution in [0.25, 0.3) is 0 Å². The maximum atomic E-state index is 12.4. The number of thioether (sulfide) groups is 1. The Bertz CT molecular complexity index is 874. The lowest BCUT2D eigenvalue weighted by atomic mass is 10.1. The van der Waals surface area contributed by atoms with Crippen LogP contribution in [0.4, 0.5) is 11.4 Å². The molecule has 0 aromatic heterocycles. The molecule has 0 aliphatic carbocycles. The van der Waals surface area contributed by atoms with Gasteiger partial charge in [-0.05, 0) is 30.3 Å². The fourth-order valence-corrected chi connectivity index (χ4v) is 4.16. The Balaban J connectivity index is 1.81. The van der Waals surface area contributed by atoms with E-state index in [1.165, 1.54) is 17.8 Å². The van der Waals surface area contributed by atoms with Crippen molar-refractivity contribution in [1.29, 1.82) is 0 Å². The molecule has 2 aliphatic rings. The van der Waals surface area contributed by atoms with E-state index in [0.29, 0.717) is 27.8 Å². The van der Waals surface area contributed by atoms with Crippen LogP contribution in [0, 0.1) is 10.1 Å². The summed E-state index contributed by atoms with van der Waals surface area (Å²) in [6, 6.07) is 9.73. The summed E-state index contributed by atoms with van der Waals surface area (Å²) < 4.78 is 10.6. The highest BCUT2D eigenvalue weighted by molar-refractivity contribution is 8.00. The van der Waals surface area contributed by atoms with Gasteiger partial charge in [0.2, 0.25) is 12.7 Å². The van der Waals surface area contributed by atoms with Crippen LogP contribution in [0.2, 0.25) is 5.02 Å². The van der Waals surface area contributed by atoms with Gasteiger partial charge in [0.05, 0.1) is 22.3 Å². The molecule has 1 atom stereocenters. The number of nitro groups is 1. The van der Waals surface area contributed by atoms with Crippen LogP contribution in [0.5, 0.6) is 11.5 Å². The molecule has 1 fully saturated rings. The van der Waals surface area contributed by atoms with Gasteiger partial charge in [-0.3, -0.25) is 19.8 Å². The van der Waals surface area contributed by atoms with Crippen LogP contribution in [0.15, 0.2) is 36.4 Å². The number of benzene rings is 2. The molecular formula is C16H11ClN2O5S. The fraction of sp³-hybridized carbons (Fsp3) is 0.188. The molecule has 4 rings (SSSR count). The van der Waals surface area contributed by atoms with Crippen LogP contribution in [0.1, 0.15) is 10.9 Å². The number of ether oxygens (including phenoxy) is 2. The number of carbonyl (C=O) groups is 1. The van der Waals surface area contributed by atoms with Crippen molar-refractivity contribution < 1.29 is 19.2 Å². The number of rotatable bonds is 3. The predicted molar refractivity (Wildman–Crippen MR) is 93.4 cm³/mol. The Labute approximate surface area is 151 Å². The number of halogens is 1. The molecule has 9 heteroatoms. The summed E-state index contributed by atoms with van der Waals surface area (Å²) in [7, 11) is 0. The molecule has 0 saturated carbocycles. The van der Waals surface area contributed by atoms with E-state index in [2.05, 4.69) is 0 Å². The van der Waals surface area contributed by atoms with Gasteiger partial charge in [0.1, 0.15) is 5.37 Å². The molecule has 1 saturated heterocycles. The smallest absolute Gasteiger partial charge is 0.279 e. The van der Waals surface area contributed by atoms with Crippen molar-refractivity contribution in [1.82, 2.24) is 0 Å². The molecule has 2 aromatic carbocycles. The van der Waals surface area contributed by atoms with Crippen molar-refractivity contribution in [2.45, 2.75) is 5.37 Å². The van der Waals surface area contributed by atoms with Gasteiger partial charge < -0.3 is 9.47 Å². The maximum absolute atomic E-state index is 12.4. The number of amides is 1. The first-order valence-electron chi connectivity index (χ1n) is 7.32. The van der Waals surface area contributed by atoms with Crippen molar-refractivity contribution in [2.75, 3.05) is 17.4 Å². The number of anilines is 1. The Kier molecular flexibility index (Phi) is 3.93. The second kappa shape index (κ2) is 6.12. The number of nitrogens with zero attached hydrogens (tertiary/aromatic N) is 2. The molecule has 128 valence electrons. The zero-order valence-electron chi connectivity index (χ0n) is 12.7. The molecule has 0 bridgehead atoms. The molecular weight excluding hydrogens is 368 g/mol. The van der Waals surface area contributed by atoms with Crippen LogP contribution in [-0.4, -0.2) is 23.4 Å². The Morgan fingerprint density at radius 3 is 2.56 bits per heavy atom. The lowest BCUT2D eigenvalue weighted by Crippen LogP contribution is -2.28. The highest BCUT2D eigenvalue weighted by Crippen LogP contribution is 2.48. The second-order valence-corrected chi connectivity index (χ2v) is 6.93. The molecule has 0 N–H and O–H groups in total. The topological polar surface area (TPSA) is 81.9 Å². The number of fused-ring (bicyclic) bond motifs is 1. The molecule has 2 heterocycles. The lowest BCUT2D eigenvalue weighted by Gasteiger charge is -2.24. The van der Waals surface area contributed by atoms with E-state index in [0.717, 1.165) is 0 Å². The first kappa shape index (κ1) is 16.0. The number of hydrogen-bond donors (Lipinski definition) is 0. The Morgan fingerprint density at radius 2 is 1.88 bits per heavy atom. The minimum atomic E-state index is -0.524. The van der Waals surface area contributed by atoms with E-state index in [1.807, 2.05) is 0 Å².